The lowest BCUT2D eigenvalue weighted by Gasteiger charge is -2.23. The van der Waals surface area contributed by atoms with Crippen LogP contribution in [0.5, 0.6) is 5.88 Å². The number of aromatic nitrogens is 2. The van der Waals surface area contributed by atoms with Gasteiger partial charge in [0.2, 0.25) is 11.8 Å². The van der Waals surface area contributed by atoms with Crippen LogP contribution in [-0.4, -0.2) is 49.4 Å². The summed E-state index contributed by atoms with van der Waals surface area (Å²) >= 11 is 0. The van der Waals surface area contributed by atoms with Crippen molar-refractivity contribution in [2.75, 3.05) is 38.3 Å². The van der Waals surface area contributed by atoms with Crippen LogP contribution in [-0.2, 0) is 4.74 Å². The van der Waals surface area contributed by atoms with Crippen molar-refractivity contribution >= 4 is 5.95 Å². The first-order chi connectivity index (χ1) is 9.56. The van der Waals surface area contributed by atoms with E-state index in [1.54, 1.807) is 7.11 Å². The Labute approximate surface area is 121 Å². The Morgan fingerprint density at radius 2 is 2.05 bits per heavy atom. The first kappa shape index (κ1) is 16.7. The van der Waals surface area contributed by atoms with Crippen molar-refractivity contribution in [3.05, 3.63) is 11.8 Å². The minimum atomic E-state index is 0.0913. The summed E-state index contributed by atoms with van der Waals surface area (Å²) in [4.78, 5) is 11.0. The third kappa shape index (κ3) is 5.71. The monoisotopic (exact) mass is 282 g/mol. The minimum absolute atomic E-state index is 0.0913. The molecule has 1 heterocycles. The Balaban J connectivity index is 2.89. The van der Waals surface area contributed by atoms with Crippen LogP contribution in [0.15, 0.2) is 6.07 Å². The maximum atomic E-state index is 5.66. The molecule has 6 heteroatoms. The van der Waals surface area contributed by atoms with E-state index in [2.05, 4.69) is 14.9 Å². The number of rotatable bonds is 9. The van der Waals surface area contributed by atoms with Crippen LogP contribution in [0.1, 0.15) is 26.0 Å². The number of nitrogens with zero attached hydrogens (tertiary/aromatic N) is 3. The zero-order valence-electron chi connectivity index (χ0n) is 12.9. The molecule has 0 spiro atoms. The molecule has 0 atom stereocenters. The van der Waals surface area contributed by atoms with Crippen molar-refractivity contribution in [2.24, 2.45) is 5.73 Å². The number of hydrogen-bond donors (Lipinski definition) is 1. The number of aryl methyl sites for hydroxylation is 1. The van der Waals surface area contributed by atoms with Gasteiger partial charge in [-0.05, 0) is 33.7 Å². The van der Waals surface area contributed by atoms with Gasteiger partial charge in [0.05, 0.1) is 12.7 Å². The second-order valence-corrected chi connectivity index (χ2v) is 4.94. The van der Waals surface area contributed by atoms with Crippen molar-refractivity contribution in [2.45, 2.75) is 33.3 Å². The van der Waals surface area contributed by atoms with Crippen LogP contribution in [0.3, 0.4) is 0 Å². The van der Waals surface area contributed by atoms with Gasteiger partial charge < -0.3 is 20.1 Å². The maximum absolute atomic E-state index is 5.66. The lowest BCUT2D eigenvalue weighted by atomic mass is 10.3. The Morgan fingerprint density at radius 1 is 1.30 bits per heavy atom. The highest BCUT2D eigenvalue weighted by Crippen LogP contribution is 2.16. The lowest BCUT2D eigenvalue weighted by Crippen LogP contribution is -2.31. The molecule has 0 aliphatic rings. The van der Waals surface area contributed by atoms with Crippen LogP contribution < -0.4 is 15.4 Å². The van der Waals surface area contributed by atoms with E-state index in [0.717, 1.165) is 25.2 Å². The van der Waals surface area contributed by atoms with E-state index >= 15 is 0 Å². The van der Waals surface area contributed by atoms with Crippen LogP contribution >= 0.6 is 0 Å². The van der Waals surface area contributed by atoms with Gasteiger partial charge in [-0.15, -0.1) is 0 Å². The van der Waals surface area contributed by atoms with Crippen molar-refractivity contribution in [3.8, 4) is 5.88 Å². The smallest absolute Gasteiger partial charge is 0.228 e. The predicted octanol–water partition coefficient (Wildman–Crippen LogP) is 1.37. The molecule has 6 nitrogen and oxygen atoms in total. The van der Waals surface area contributed by atoms with Gasteiger partial charge in [-0.2, -0.15) is 4.98 Å². The first-order valence-electron chi connectivity index (χ1n) is 7.03. The molecule has 0 aliphatic carbocycles. The summed E-state index contributed by atoms with van der Waals surface area (Å²) in [5, 5.41) is 0. The fourth-order valence-corrected chi connectivity index (χ4v) is 1.76. The first-order valence-corrected chi connectivity index (χ1v) is 7.03. The van der Waals surface area contributed by atoms with E-state index in [1.807, 2.05) is 26.8 Å². The molecule has 1 rings (SSSR count). The van der Waals surface area contributed by atoms with Crippen LogP contribution in [0, 0.1) is 6.92 Å². The largest absolute Gasteiger partial charge is 0.475 e. The normalized spacial score (nSPS) is 10.9. The molecule has 1 aromatic heterocycles. The molecular weight excluding hydrogens is 256 g/mol. The number of ether oxygens (including phenoxy) is 2. The molecule has 1 aromatic rings. The summed E-state index contributed by atoms with van der Waals surface area (Å²) < 4.78 is 10.8. The molecule has 0 fully saturated rings. The molecule has 0 aromatic carbocycles. The van der Waals surface area contributed by atoms with Gasteiger partial charge in [0.1, 0.15) is 0 Å². The summed E-state index contributed by atoms with van der Waals surface area (Å²) in [5.74, 6) is 1.28. The molecule has 0 bridgehead atoms. The minimum Gasteiger partial charge on any atom is -0.475 e. The summed E-state index contributed by atoms with van der Waals surface area (Å²) in [5.41, 5.74) is 6.48. The van der Waals surface area contributed by atoms with E-state index < -0.39 is 0 Å². The Hall–Kier alpha value is -1.40. The molecular formula is C14H26N4O2. The molecule has 0 saturated carbocycles. The number of methoxy groups -OCH3 is 1. The number of anilines is 1. The molecule has 114 valence electrons. The van der Waals surface area contributed by atoms with Crippen molar-refractivity contribution in [1.82, 2.24) is 9.97 Å². The van der Waals surface area contributed by atoms with Gasteiger partial charge in [-0.3, -0.25) is 0 Å². The second kappa shape index (κ2) is 8.71. The lowest BCUT2D eigenvalue weighted by molar-refractivity contribution is 0.204. The van der Waals surface area contributed by atoms with Gasteiger partial charge >= 0.3 is 0 Å². The summed E-state index contributed by atoms with van der Waals surface area (Å²) in [7, 11) is 1.69. The van der Waals surface area contributed by atoms with Gasteiger partial charge in [-0.1, -0.05) is 0 Å². The molecule has 0 amide bonds. The fraction of sp³-hybridized carbons (Fsp3) is 0.714. The second-order valence-electron chi connectivity index (χ2n) is 4.94. The van der Waals surface area contributed by atoms with Crippen LogP contribution in [0.4, 0.5) is 5.95 Å². The number of nitrogens with two attached hydrogens (primary N) is 1. The zero-order chi connectivity index (χ0) is 15.0. The van der Waals surface area contributed by atoms with Crippen molar-refractivity contribution < 1.29 is 9.47 Å². The third-order valence-corrected chi connectivity index (χ3v) is 2.66. The van der Waals surface area contributed by atoms with E-state index in [0.29, 0.717) is 25.0 Å². The Morgan fingerprint density at radius 3 is 2.65 bits per heavy atom. The molecule has 0 radical (unpaired) electrons. The van der Waals surface area contributed by atoms with Gasteiger partial charge in [0, 0.05) is 32.0 Å². The quantitative estimate of drug-likeness (QED) is 0.737. The predicted molar refractivity (Wildman–Crippen MR) is 80.3 cm³/mol. The molecule has 0 unspecified atom stereocenters. The average molecular weight is 282 g/mol. The van der Waals surface area contributed by atoms with Crippen LogP contribution in [0.2, 0.25) is 0 Å². The van der Waals surface area contributed by atoms with Crippen molar-refractivity contribution in [1.29, 1.82) is 0 Å². The third-order valence-electron chi connectivity index (χ3n) is 2.66. The highest BCUT2D eigenvalue weighted by atomic mass is 16.5. The van der Waals surface area contributed by atoms with Gasteiger partial charge in [-0.25, -0.2) is 4.98 Å². The number of hydrogen-bond acceptors (Lipinski definition) is 6. The summed E-state index contributed by atoms with van der Waals surface area (Å²) in [6.45, 7) is 8.72. The topological polar surface area (TPSA) is 73.5 Å². The molecule has 2 N–H and O–H groups in total. The Kier molecular flexibility index (Phi) is 7.25. The Bertz CT molecular complexity index is 391. The summed E-state index contributed by atoms with van der Waals surface area (Å²) in [6, 6.07) is 1.85. The highest BCUT2D eigenvalue weighted by molar-refractivity contribution is 5.34. The van der Waals surface area contributed by atoms with E-state index in [1.165, 1.54) is 0 Å². The van der Waals surface area contributed by atoms with Crippen LogP contribution in [0.25, 0.3) is 0 Å². The molecule has 0 aliphatic heterocycles. The van der Waals surface area contributed by atoms with Gasteiger partial charge in [0.25, 0.3) is 0 Å². The fourth-order valence-electron chi connectivity index (χ4n) is 1.76. The average Bonchev–Trinajstić information content (AvgIpc) is 2.37. The molecule has 0 saturated heterocycles. The zero-order valence-corrected chi connectivity index (χ0v) is 12.9. The maximum Gasteiger partial charge on any atom is 0.228 e. The summed E-state index contributed by atoms with van der Waals surface area (Å²) in [6.07, 6.45) is 0.982. The van der Waals surface area contributed by atoms with Crippen molar-refractivity contribution in [3.63, 3.8) is 0 Å². The SMILES string of the molecule is COCCN(CCCN)c1nc(C)cc(OC(C)C)n1. The highest BCUT2D eigenvalue weighted by Gasteiger charge is 2.12. The molecule has 20 heavy (non-hydrogen) atoms. The van der Waals surface area contributed by atoms with E-state index in [4.69, 9.17) is 15.2 Å². The van der Waals surface area contributed by atoms with E-state index in [-0.39, 0.29) is 6.10 Å². The van der Waals surface area contributed by atoms with Gasteiger partial charge in [0.15, 0.2) is 0 Å². The standard InChI is InChI=1S/C14H26N4O2/c1-11(2)20-13-10-12(3)16-14(17-13)18(7-5-6-15)8-9-19-4/h10-11H,5-9,15H2,1-4H3. The van der Waals surface area contributed by atoms with E-state index in [9.17, 15) is 0 Å².